The fourth-order valence-corrected chi connectivity index (χ4v) is 9.21. The van der Waals surface area contributed by atoms with Crippen LogP contribution in [0.4, 0.5) is 11.6 Å². The van der Waals surface area contributed by atoms with E-state index in [1.165, 1.54) is 38.1 Å². The van der Waals surface area contributed by atoms with Gasteiger partial charge < -0.3 is 14.0 Å². The molecule has 0 saturated carbocycles. The first-order valence-corrected chi connectivity index (χ1v) is 19.5. The molecule has 12 rings (SSSR count). The van der Waals surface area contributed by atoms with Gasteiger partial charge in [-0.15, -0.1) is 0 Å². The van der Waals surface area contributed by atoms with Crippen molar-refractivity contribution in [1.29, 1.82) is 0 Å². The van der Waals surface area contributed by atoms with Crippen LogP contribution >= 0.6 is 0 Å². The molecule has 1 aliphatic carbocycles. The minimum atomic E-state index is -0.0191. The van der Waals surface area contributed by atoms with Gasteiger partial charge in [-0.1, -0.05) is 140 Å². The number of rotatable bonds is 5. The molecular weight excluding hydrogens is 697 g/mol. The summed E-state index contributed by atoms with van der Waals surface area (Å²) in [5.41, 5.74) is 11.1. The molecule has 0 bridgehead atoms. The summed E-state index contributed by atoms with van der Waals surface area (Å²) in [5, 5.41) is 4.89. The normalized spacial score (nSPS) is 15.9. The Bertz CT molecular complexity index is 3190. The molecule has 3 aromatic heterocycles. The standard InChI is InChI=1S/C51H34N6/c1-3-15-33(16-4-1)49-52-50(34-27-29-36(30-28-34)55-43-23-11-7-19-37(43)38-20-8-12-24-44(38)55)54-51(53-49)57-46-26-14-10-22-40(46)42-32-31-41-39-21-9-13-25-45(39)56(47(41)48(42)57)35-17-5-2-6-18-35/h1-32,40,46H. The SMILES string of the molecule is C1=CC2c3ccc4c5ccccc5n(-c5ccccc5)c4c3N(c3nc(-c4ccccc4)nc(-c4ccc(-n5c6ccccc6c6ccccc65)cc4)n3)C2C=C1. The second-order valence-electron chi connectivity index (χ2n) is 14.8. The third-order valence-corrected chi connectivity index (χ3v) is 11.7. The van der Waals surface area contributed by atoms with Gasteiger partial charge in [-0.3, -0.25) is 0 Å². The minimum absolute atomic E-state index is 0.0191. The van der Waals surface area contributed by atoms with Crippen LogP contribution in [-0.2, 0) is 0 Å². The average molecular weight is 731 g/mol. The Morgan fingerprint density at radius 2 is 0.930 bits per heavy atom. The van der Waals surface area contributed by atoms with Gasteiger partial charge in [-0.2, -0.15) is 9.97 Å². The Hall–Kier alpha value is -7.57. The minimum Gasteiger partial charge on any atom is -0.309 e. The largest absolute Gasteiger partial charge is 0.309 e. The molecule has 0 radical (unpaired) electrons. The van der Waals surface area contributed by atoms with Gasteiger partial charge in [0.15, 0.2) is 11.6 Å². The quantitative estimate of drug-likeness (QED) is 0.177. The second-order valence-corrected chi connectivity index (χ2v) is 14.8. The van der Waals surface area contributed by atoms with Crippen molar-refractivity contribution in [3.05, 3.63) is 200 Å². The summed E-state index contributed by atoms with van der Waals surface area (Å²) >= 11 is 0. The average Bonchev–Trinajstić information content (AvgIpc) is 3.93. The van der Waals surface area contributed by atoms with E-state index in [0.29, 0.717) is 17.6 Å². The summed E-state index contributed by atoms with van der Waals surface area (Å²) in [6.45, 7) is 0. The van der Waals surface area contributed by atoms with Crippen LogP contribution in [0.5, 0.6) is 0 Å². The maximum absolute atomic E-state index is 5.39. The number of fused-ring (bicyclic) bond motifs is 10. The van der Waals surface area contributed by atoms with Gasteiger partial charge in [0.05, 0.1) is 33.8 Å². The molecule has 268 valence electrons. The van der Waals surface area contributed by atoms with Crippen molar-refractivity contribution in [1.82, 2.24) is 24.1 Å². The lowest BCUT2D eigenvalue weighted by Crippen LogP contribution is -2.30. The summed E-state index contributed by atoms with van der Waals surface area (Å²) < 4.78 is 4.75. The molecule has 1 aliphatic heterocycles. The van der Waals surface area contributed by atoms with Crippen molar-refractivity contribution in [3.63, 3.8) is 0 Å². The molecule has 2 aliphatic rings. The Morgan fingerprint density at radius 1 is 0.404 bits per heavy atom. The van der Waals surface area contributed by atoms with E-state index in [9.17, 15) is 0 Å². The van der Waals surface area contributed by atoms with E-state index in [1.807, 2.05) is 18.2 Å². The Balaban J connectivity index is 1.08. The topological polar surface area (TPSA) is 51.8 Å². The first-order valence-electron chi connectivity index (χ1n) is 19.5. The fraction of sp³-hybridized carbons (Fsp3) is 0.0392. The van der Waals surface area contributed by atoms with Crippen LogP contribution in [0.15, 0.2) is 194 Å². The van der Waals surface area contributed by atoms with Gasteiger partial charge in [0.1, 0.15) is 0 Å². The first-order chi connectivity index (χ1) is 28.3. The maximum atomic E-state index is 5.39. The van der Waals surface area contributed by atoms with Crippen molar-refractivity contribution in [3.8, 4) is 34.2 Å². The van der Waals surface area contributed by atoms with Gasteiger partial charge in [-0.05, 0) is 60.2 Å². The molecule has 0 amide bonds. The molecule has 57 heavy (non-hydrogen) atoms. The molecular formula is C51H34N6. The highest BCUT2D eigenvalue weighted by Gasteiger charge is 2.41. The Kier molecular flexibility index (Phi) is 6.95. The number of hydrogen-bond donors (Lipinski definition) is 0. The zero-order valence-corrected chi connectivity index (χ0v) is 30.8. The lowest BCUT2D eigenvalue weighted by Gasteiger charge is -2.27. The van der Waals surface area contributed by atoms with E-state index < -0.39 is 0 Å². The number of hydrogen-bond acceptors (Lipinski definition) is 4. The van der Waals surface area contributed by atoms with Gasteiger partial charge in [-0.25, -0.2) is 4.98 Å². The second kappa shape index (κ2) is 12.5. The first kappa shape index (κ1) is 31.7. The Labute approximate surface area is 328 Å². The Morgan fingerprint density at radius 3 is 1.60 bits per heavy atom. The molecule has 0 N–H and O–H groups in total. The lowest BCUT2D eigenvalue weighted by atomic mass is 9.91. The van der Waals surface area contributed by atoms with E-state index in [4.69, 9.17) is 15.0 Å². The van der Waals surface area contributed by atoms with Crippen LogP contribution in [0.2, 0.25) is 0 Å². The number of nitrogens with zero attached hydrogens (tertiary/aromatic N) is 6. The molecule has 2 atom stereocenters. The lowest BCUT2D eigenvalue weighted by molar-refractivity contribution is 0.728. The van der Waals surface area contributed by atoms with Gasteiger partial charge in [0.25, 0.3) is 0 Å². The molecule has 0 spiro atoms. The molecule has 0 fully saturated rings. The number of aromatic nitrogens is 5. The number of benzene rings is 7. The molecule has 6 heteroatoms. The van der Waals surface area contributed by atoms with Crippen LogP contribution in [0, 0.1) is 0 Å². The summed E-state index contributed by atoms with van der Waals surface area (Å²) in [5.74, 6) is 2.01. The third kappa shape index (κ3) is 4.80. The zero-order chi connectivity index (χ0) is 37.5. The van der Waals surface area contributed by atoms with E-state index >= 15 is 0 Å². The van der Waals surface area contributed by atoms with Crippen LogP contribution in [0.25, 0.3) is 77.8 Å². The fourth-order valence-electron chi connectivity index (χ4n) is 9.21. The predicted molar refractivity (Wildman–Crippen MR) is 233 cm³/mol. The predicted octanol–water partition coefficient (Wildman–Crippen LogP) is 12.1. The van der Waals surface area contributed by atoms with Crippen molar-refractivity contribution < 1.29 is 0 Å². The highest BCUT2D eigenvalue weighted by Crippen LogP contribution is 2.52. The smallest absolute Gasteiger partial charge is 0.234 e. The number of anilines is 2. The summed E-state index contributed by atoms with van der Waals surface area (Å²) in [7, 11) is 0. The highest BCUT2D eigenvalue weighted by atomic mass is 15.3. The molecule has 0 saturated heterocycles. The van der Waals surface area contributed by atoms with Crippen LogP contribution in [0.1, 0.15) is 11.5 Å². The van der Waals surface area contributed by atoms with E-state index in [2.05, 4.69) is 190 Å². The van der Waals surface area contributed by atoms with E-state index in [-0.39, 0.29) is 12.0 Å². The van der Waals surface area contributed by atoms with Crippen LogP contribution in [-0.4, -0.2) is 30.1 Å². The summed E-state index contributed by atoms with van der Waals surface area (Å²) in [6, 6.07) is 60.1. The van der Waals surface area contributed by atoms with Crippen LogP contribution in [0.3, 0.4) is 0 Å². The molecule has 4 heterocycles. The van der Waals surface area contributed by atoms with E-state index in [0.717, 1.165) is 39.2 Å². The molecule has 6 nitrogen and oxygen atoms in total. The van der Waals surface area contributed by atoms with Gasteiger partial charge >= 0.3 is 0 Å². The molecule has 7 aromatic carbocycles. The number of allylic oxidation sites excluding steroid dienone is 2. The van der Waals surface area contributed by atoms with Crippen molar-refractivity contribution in [2.24, 2.45) is 0 Å². The van der Waals surface area contributed by atoms with Crippen molar-refractivity contribution in [2.45, 2.75) is 12.0 Å². The zero-order valence-electron chi connectivity index (χ0n) is 30.8. The van der Waals surface area contributed by atoms with Gasteiger partial charge in [0.2, 0.25) is 5.95 Å². The van der Waals surface area contributed by atoms with Crippen LogP contribution < -0.4 is 4.90 Å². The maximum Gasteiger partial charge on any atom is 0.234 e. The van der Waals surface area contributed by atoms with Gasteiger partial charge in [0, 0.05) is 50.0 Å². The molecule has 10 aromatic rings. The highest BCUT2D eigenvalue weighted by molar-refractivity contribution is 6.15. The monoisotopic (exact) mass is 730 g/mol. The third-order valence-electron chi connectivity index (χ3n) is 11.7. The van der Waals surface area contributed by atoms with Crippen molar-refractivity contribution >= 4 is 55.2 Å². The molecule has 2 unspecified atom stereocenters. The van der Waals surface area contributed by atoms with E-state index in [1.54, 1.807) is 0 Å². The van der Waals surface area contributed by atoms with Crippen molar-refractivity contribution in [2.75, 3.05) is 4.90 Å². The summed E-state index contributed by atoms with van der Waals surface area (Å²) in [4.78, 5) is 18.2. The number of para-hydroxylation sites is 4. The summed E-state index contributed by atoms with van der Waals surface area (Å²) in [6.07, 6.45) is 8.92.